The van der Waals surface area contributed by atoms with Crippen molar-refractivity contribution in [1.29, 1.82) is 0 Å². The summed E-state index contributed by atoms with van der Waals surface area (Å²) in [5.41, 5.74) is 8.98. The Morgan fingerprint density at radius 1 is 1.40 bits per heavy atom. The van der Waals surface area contributed by atoms with E-state index in [4.69, 9.17) is 15.0 Å². The highest BCUT2D eigenvalue weighted by atomic mass is 32.2. The highest BCUT2D eigenvalue weighted by Gasteiger charge is 2.22. The van der Waals surface area contributed by atoms with Crippen LogP contribution in [0.4, 0.5) is 0 Å². The zero-order valence-corrected chi connectivity index (χ0v) is 15.1. The number of ether oxygens (including phenoxy) is 2. The molecule has 2 rings (SSSR count). The Bertz CT molecular complexity index is 700. The smallest absolute Gasteiger partial charge is 0.214 e. The van der Waals surface area contributed by atoms with Crippen LogP contribution in [0.2, 0.25) is 0 Å². The predicted molar refractivity (Wildman–Crippen MR) is 94.8 cm³/mol. The van der Waals surface area contributed by atoms with Gasteiger partial charge in [0.2, 0.25) is 10.0 Å². The molecule has 1 saturated carbocycles. The molecule has 0 amide bonds. The van der Waals surface area contributed by atoms with E-state index in [0.29, 0.717) is 5.92 Å². The molecule has 1 atom stereocenters. The van der Waals surface area contributed by atoms with Gasteiger partial charge in [-0.3, -0.25) is 0 Å². The number of nitrogens with one attached hydrogen (secondary N) is 1. The van der Waals surface area contributed by atoms with Crippen LogP contribution < -0.4 is 9.46 Å². The number of benzene rings is 1. The minimum Gasteiger partial charge on any atom is -0.493 e. The van der Waals surface area contributed by atoms with Crippen LogP contribution in [0.3, 0.4) is 0 Å². The zero-order valence-electron chi connectivity index (χ0n) is 14.3. The maximum absolute atomic E-state index is 12.1. The first-order valence-electron chi connectivity index (χ1n) is 8.31. The summed E-state index contributed by atoms with van der Waals surface area (Å²) in [6, 6.07) is 7.11. The molecule has 0 unspecified atom stereocenters. The van der Waals surface area contributed by atoms with E-state index in [1.807, 2.05) is 24.3 Å². The Labute approximate surface area is 148 Å². The van der Waals surface area contributed by atoms with Crippen molar-refractivity contribution in [3.05, 3.63) is 40.3 Å². The largest absolute Gasteiger partial charge is 0.493 e. The van der Waals surface area contributed by atoms with E-state index in [1.54, 1.807) is 6.92 Å². The molecule has 1 aromatic rings. The molecule has 9 heteroatoms. The second-order valence-corrected chi connectivity index (χ2v) is 7.93. The van der Waals surface area contributed by atoms with Crippen molar-refractivity contribution in [1.82, 2.24) is 4.72 Å². The molecule has 1 N–H and O–H groups in total. The first kappa shape index (κ1) is 19.5. The molecule has 8 nitrogen and oxygen atoms in total. The summed E-state index contributed by atoms with van der Waals surface area (Å²) < 4.78 is 37.7. The highest BCUT2D eigenvalue weighted by Crippen LogP contribution is 2.30. The Kier molecular flexibility index (Phi) is 7.52. The first-order valence-corrected chi connectivity index (χ1v) is 9.97. The van der Waals surface area contributed by atoms with E-state index in [0.717, 1.165) is 17.9 Å². The van der Waals surface area contributed by atoms with Gasteiger partial charge in [-0.2, -0.15) is 0 Å². The lowest BCUT2D eigenvalue weighted by molar-refractivity contribution is 0.156. The van der Waals surface area contributed by atoms with Gasteiger partial charge in [0.05, 0.1) is 25.6 Å². The van der Waals surface area contributed by atoms with Gasteiger partial charge in [0.1, 0.15) is 5.75 Å². The van der Waals surface area contributed by atoms with E-state index in [1.165, 1.54) is 12.8 Å². The molecular formula is C16H24N4O4S. The van der Waals surface area contributed by atoms with Crippen molar-refractivity contribution in [2.75, 3.05) is 32.1 Å². The van der Waals surface area contributed by atoms with Crippen molar-refractivity contribution in [3.63, 3.8) is 0 Å². The van der Waals surface area contributed by atoms with E-state index in [9.17, 15) is 8.42 Å². The van der Waals surface area contributed by atoms with Crippen LogP contribution in [0.5, 0.6) is 5.75 Å². The summed E-state index contributed by atoms with van der Waals surface area (Å²) in [7, 11) is -3.47. The number of hydrogen-bond acceptors (Lipinski definition) is 5. The zero-order chi connectivity index (χ0) is 18.1. The second kappa shape index (κ2) is 9.62. The summed E-state index contributed by atoms with van der Waals surface area (Å²) in [6.07, 6.45) is 2.45. The average molecular weight is 368 g/mol. The van der Waals surface area contributed by atoms with Gasteiger partial charge in [0.15, 0.2) is 0 Å². The van der Waals surface area contributed by atoms with Crippen molar-refractivity contribution in [2.24, 2.45) is 11.0 Å². The molecule has 0 radical (unpaired) electrons. The second-order valence-electron chi connectivity index (χ2n) is 6.05. The molecule has 138 valence electrons. The number of nitrogens with zero attached hydrogens (tertiary/aromatic N) is 3. The third-order valence-corrected chi connectivity index (χ3v) is 5.21. The van der Waals surface area contributed by atoms with Crippen LogP contribution in [0.15, 0.2) is 29.4 Å². The van der Waals surface area contributed by atoms with E-state index < -0.39 is 10.0 Å². The number of rotatable bonds is 12. The third kappa shape index (κ3) is 7.74. The van der Waals surface area contributed by atoms with Gasteiger partial charge >= 0.3 is 0 Å². The molecule has 0 bridgehead atoms. The minimum absolute atomic E-state index is 0.0491. The van der Waals surface area contributed by atoms with Crippen LogP contribution in [0.1, 0.15) is 31.4 Å². The standard InChI is InChI=1S/C16H24N4O4S/c1-13(19-25(21,22)10-9-23-8-7-18-20-17)15-3-2-4-16(11-15)24-12-14-5-6-14/h2-4,11,13-14,19H,5-10,12H2,1H3/t13-/m1/s1. The molecular weight excluding hydrogens is 344 g/mol. The molecule has 0 aromatic heterocycles. The Morgan fingerprint density at radius 3 is 2.92 bits per heavy atom. The third-order valence-electron chi connectivity index (χ3n) is 3.79. The summed E-state index contributed by atoms with van der Waals surface area (Å²) in [5, 5.41) is 3.31. The average Bonchev–Trinajstić information content (AvgIpc) is 3.40. The number of sulfonamides is 1. The molecule has 0 saturated heterocycles. The molecule has 25 heavy (non-hydrogen) atoms. The van der Waals surface area contributed by atoms with Crippen LogP contribution in [-0.2, 0) is 14.8 Å². The van der Waals surface area contributed by atoms with Crippen molar-refractivity contribution in [2.45, 2.75) is 25.8 Å². The summed E-state index contributed by atoms with van der Waals surface area (Å²) in [5.74, 6) is 1.28. The fourth-order valence-corrected chi connectivity index (χ4v) is 3.32. The van der Waals surface area contributed by atoms with Gasteiger partial charge in [0, 0.05) is 17.5 Å². The Balaban J connectivity index is 1.79. The van der Waals surface area contributed by atoms with Crippen LogP contribution in [0, 0.1) is 5.92 Å². The van der Waals surface area contributed by atoms with E-state index in [2.05, 4.69) is 14.7 Å². The Morgan fingerprint density at radius 2 is 2.20 bits per heavy atom. The predicted octanol–water partition coefficient (Wildman–Crippen LogP) is 2.78. The lowest BCUT2D eigenvalue weighted by Crippen LogP contribution is -2.31. The SMILES string of the molecule is C[C@@H](NS(=O)(=O)CCOCCN=[N+]=[N-])c1cccc(OCC2CC2)c1. The van der Waals surface area contributed by atoms with Gasteiger partial charge in [-0.25, -0.2) is 13.1 Å². The summed E-state index contributed by atoms with van der Waals surface area (Å²) >= 11 is 0. The van der Waals surface area contributed by atoms with Crippen molar-refractivity contribution in [3.8, 4) is 5.75 Å². The van der Waals surface area contributed by atoms with Crippen LogP contribution in [-0.4, -0.2) is 40.5 Å². The topological polar surface area (TPSA) is 113 Å². The fourth-order valence-electron chi connectivity index (χ4n) is 2.19. The number of hydrogen-bond donors (Lipinski definition) is 1. The molecule has 0 heterocycles. The highest BCUT2D eigenvalue weighted by molar-refractivity contribution is 7.89. The Hall–Kier alpha value is -1.80. The summed E-state index contributed by atoms with van der Waals surface area (Å²) in [6.45, 7) is 2.95. The summed E-state index contributed by atoms with van der Waals surface area (Å²) in [4.78, 5) is 2.59. The number of azide groups is 1. The van der Waals surface area contributed by atoms with Crippen LogP contribution in [0.25, 0.3) is 10.4 Å². The quantitative estimate of drug-likeness (QED) is 0.264. The molecule has 0 aliphatic heterocycles. The lowest BCUT2D eigenvalue weighted by atomic mass is 10.1. The monoisotopic (exact) mass is 368 g/mol. The molecule has 1 fully saturated rings. The van der Waals surface area contributed by atoms with Gasteiger partial charge in [0.25, 0.3) is 0 Å². The van der Waals surface area contributed by atoms with Gasteiger partial charge in [-0.05, 0) is 48.9 Å². The minimum atomic E-state index is -3.47. The van der Waals surface area contributed by atoms with Crippen LogP contribution >= 0.6 is 0 Å². The normalized spacial score (nSPS) is 15.4. The van der Waals surface area contributed by atoms with Crippen molar-refractivity contribution >= 4 is 10.0 Å². The maximum atomic E-state index is 12.1. The van der Waals surface area contributed by atoms with Gasteiger partial charge in [-0.1, -0.05) is 17.2 Å². The van der Waals surface area contributed by atoms with Gasteiger partial charge < -0.3 is 9.47 Å². The van der Waals surface area contributed by atoms with Crippen molar-refractivity contribution < 1.29 is 17.9 Å². The van der Waals surface area contributed by atoms with E-state index >= 15 is 0 Å². The molecule has 1 aliphatic rings. The van der Waals surface area contributed by atoms with Gasteiger partial charge in [-0.15, -0.1) is 0 Å². The molecule has 1 aromatic carbocycles. The maximum Gasteiger partial charge on any atom is 0.214 e. The molecule has 1 aliphatic carbocycles. The fraction of sp³-hybridized carbons (Fsp3) is 0.625. The van der Waals surface area contributed by atoms with E-state index in [-0.39, 0.29) is 31.6 Å². The first-order chi connectivity index (χ1) is 12.0. The molecule has 0 spiro atoms. The lowest BCUT2D eigenvalue weighted by Gasteiger charge is -2.16.